The largest absolute Gasteiger partial charge is 0.494 e. The van der Waals surface area contributed by atoms with Gasteiger partial charge in [-0.2, -0.15) is 4.31 Å². The van der Waals surface area contributed by atoms with Crippen LogP contribution in [-0.4, -0.2) is 43.3 Å². The van der Waals surface area contributed by atoms with Crippen molar-refractivity contribution in [3.05, 3.63) is 72.2 Å². The molecule has 2 aromatic heterocycles. The van der Waals surface area contributed by atoms with Crippen LogP contribution in [0, 0.1) is 0 Å². The summed E-state index contributed by atoms with van der Waals surface area (Å²) in [5.74, 6) is 1.05. The van der Waals surface area contributed by atoms with Gasteiger partial charge >= 0.3 is 0 Å². The molecule has 0 radical (unpaired) electrons. The molecule has 0 aliphatic rings. The molecule has 37 heavy (non-hydrogen) atoms. The third-order valence-electron chi connectivity index (χ3n) is 5.71. The van der Waals surface area contributed by atoms with Gasteiger partial charge in [-0.3, -0.25) is 9.69 Å². The number of anilines is 1. The Morgan fingerprint density at radius 1 is 1.03 bits per heavy atom. The Balaban J connectivity index is 1.66. The zero-order chi connectivity index (χ0) is 26.4. The van der Waals surface area contributed by atoms with E-state index >= 15 is 0 Å². The predicted octanol–water partition coefficient (Wildman–Crippen LogP) is 5.95. The molecule has 0 unspecified atom stereocenters. The van der Waals surface area contributed by atoms with Crippen LogP contribution in [0.4, 0.5) is 5.13 Å². The van der Waals surface area contributed by atoms with E-state index in [4.69, 9.17) is 9.15 Å². The first-order valence-corrected chi connectivity index (χ1v) is 14.6. The highest BCUT2D eigenvalue weighted by Crippen LogP contribution is 2.33. The van der Waals surface area contributed by atoms with Crippen molar-refractivity contribution in [2.24, 2.45) is 0 Å². The molecular weight excluding hydrogens is 510 g/mol. The average molecular weight is 542 g/mol. The summed E-state index contributed by atoms with van der Waals surface area (Å²) >= 11 is 1.38. The quantitative estimate of drug-likeness (QED) is 0.220. The van der Waals surface area contributed by atoms with Crippen molar-refractivity contribution in [3.8, 4) is 5.75 Å². The Kier molecular flexibility index (Phi) is 8.63. The molecule has 0 aliphatic heterocycles. The number of fused-ring (bicyclic) bond motifs is 1. The second-order valence-corrected chi connectivity index (χ2v) is 11.4. The van der Waals surface area contributed by atoms with Crippen LogP contribution in [0.2, 0.25) is 0 Å². The first kappa shape index (κ1) is 26.8. The van der Waals surface area contributed by atoms with E-state index in [9.17, 15) is 13.2 Å². The fourth-order valence-corrected chi connectivity index (χ4v) is 6.59. The lowest BCUT2D eigenvalue weighted by Gasteiger charge is -2.21. The summed E-state index contributed by atoms with van der Waals surface area (Å²) in [5.41, 5.74) is 1.12. The van der Waals surface area contributed by atoms with Gasteiger partial charge in [-0.15, -0.1) is 0 Å². The van der Waals surface area contributed by atoms with Crippen LogP contribution in [0.5, 0.6) is 5.75 Å². The fraction of sp³-hybridized carbons (Fsp3) is 0.333. The Morgan fingerprint density at radius 2 is 1.76 bits per heavy atom. The van der Waals surface area contributed by atoms with Crippen molar-refractivity contribution in [2.75, 3.05) is 24.6 Å². The lowest BCUT2D eigenvalue weighted by molar-refractivity contribution is 0.0983. The number of nitrogens with zero attached hydrogens (tertiary/aromatic N) is 3. The molecule has 0 spiro atoms. The number of furan rings is 1. The second kappa shape index (κ2) is 11.9. The molecule has 196 valence electrons. The van der Waals surface area contributed by atoms with Crippen molar-refractivity contribution in [1.82, 2.24) is 9.29 Å². The van der Waals surface area contributed by atoms with Crippen LogP contribution in [-0.2, 0) is 16.6 Å². The van der Waals surface area contributed by atoms with E-state index in [0.717, 1.165) is 28.8 Å². The number of aromatic nitrogens is 1. The number of carbonyl (C=O) groups excluding carboxylic acids is 1. The molecule has 1 amide bonds. The minimum atomic E-state index is -3.64. The topological polar surface area (TPSA) is 93.0 Å². The van der Waals surface area contributed by atoms with Crippen LogP contribution in [0.25, 0.3) is 10.2 Å². The molecule has 0 bridgehead atoms. The number of hydrogen-bond acceptors (Lipinski definition) is 7. The minimum Gasteiger partial charge on any atom is -0.494 e. The molecule has 10 heteroatoms. The molecule has 0 saturated carbocycles. The smallest absolute Gasteiger partial charge is 0.260 e. The van der Waals surface area contributed by atoms with Gasteiger partial charge in [0.2, 0.25) is 10.0 Å². The molecule has 4 rings (SSSR count). The van der Waals surface area contributed by atoms with Crippen LogP contribution in [0.3, 0.4) is 0 Å². The summed E-state index contributed by atoms with van der Waals surface area (Å²) in [6.45, 7) is 7.48. The van der Waals surface area contributed by atoms with E-state index in [1.165, 1.54) is 27.8 Å². The van der Waals surface area contributed by atoms with Crippen molar-refractivity contribution in [2.45, 2.75) is 45.1 Å². The van der Waals surface area contributed by atoms with Gasteiger partial charge < -0.3 is 9.15 Å². The van der Waals surface area contributed by atoms with Crippen LogP contribution >= 0.6 is 11.3 Å². The van der Waals surface area contributed by atoms with E-state index in [0.29, 0.717) is 36.2 Å². The number of amides is 1. The number of sulfonamides is 1. The summed E-state index contributed by atoms with van der Waals surface area (Å²) in [6, 6.07) is 15.3. The molecule has 0 N–H and O–H groups in total. The van der Waals surface area contributed by atoms with Crippen LogP contribution in [0.15, 0.2) is 70.2 Å². The highest BCUT2D eigenvalue weighted by atomic mass is 32.2. The normalized spacial score (nSPS) is 11.8. The van der Waals surface area contributed by atoms with E-state index < -0.39 is 10.0 Å². The van der Waals surface area contributed by atoms with Crippen molar-refractivity contribution >= 4 is 42.6 Å². The van der Waals surface area contributed by atoms with E-state index in [1.807, 2.05) is 39.0 Å². The molecule has 0 atom stereocenters. The molecule has 2 heterocycles. The molecule has 0 aliphatic carbocycles. The summed E-state index contributed by atoms with van der Waals surface area (Å²) in [5, 5.41) is 0.513. The Labute approximate surface area is 221 Å². The molecule has 2 aromatic carbocycles. The van der Waals surface area contributed by atoms with Gasteiger partial charge in [0.05, 0.1) is 34.5 Å². The summed E-state index contributed by atoms with van der Waals surface area (Å²) in [7, 11) is -3.64. The third-order valence-corrected chi connectivity index (χ3v) is 8.67. The summed E-state index contributed by atoms with van der Waals surface area (Å²) in [4.78, 5) is 20.1. The highest BCUT2D eigenvalue weighted by molar-refractivity contribution is 7.89. The van der Waals surface area contributed by atoms with Gasteiger partial charge in [0.15, 0.2) is 5.13 Å². The fourth-order valence-electron chi connectivity index (χ4n) is 3.97. The third kappa shape index (κ3) is 6.03. The zero-order valence-electron chi connectivity index (χ0n) is 21.2. The number of carbonyl (C=O) groups is 1. The molecule has 0 fully saturated rings. The maximum absolute atomic E-state index is 13.7. The van der Waals surface area contributed by atoms with Gasteiger partial charge in [-0.25, -0.2) is 13.4 Å². The molecular formula is C27H31N3O5S2. The number of hydrogen-bond donors (Lipinski definition) is 0. The van der Waals surface area contributed by atoms with E-state index in [-0.39, 0.29) is 17.3 Å². The SMILES string of the molecule is CCCN(CCC)S(=O)(=O)c1ccc(C(=O)N(Cc2ccco2)c2nc3ccc(OCC)cc3s2)cc1. The summed E-state index contributed by atoms with van der Waals surface area (Å²) < 4.78 is 39.8. The predicted molar refractivity (Wildman–Crippen MR) is 146 cm³/mol. The molecule has 4 aromatic rings. The van der Waals surface area contributed by atoms with Gasteiger partial charge in [0.25, 0.3) is 5.91 Å². The number of benzene rings is 2. The Bertz CT molecular complexity index is 1420. The van der Waals surface area contributed by atoms with Crippen LogP contribution in [0.1, 0.15) is 49.7 Å². The molecule has 8 nitrogen and oxygen atoms in total. The lowest BCUT2D eigenvalue weighted by Crippen LogP contribution is -2.33. The minimum absolute atomic E-state index is 0.173. The monoisotopic (exact) mass is 541 g/mol. The lowest BCUT2D eigenvalue weighted by atomic mass is 10.2. The van der Waals surface area contributed by atoms with Gasteiger partial charge in [0, 0.05) is 18.7 Å². The number of thiazole rings is 1. The van der Waals surface area contributed by atoms with Crippen molar-refractivity contribution in [3.63, 3.8) is 0 Å². The standard InChI is InChI=1S/C27H31N3O5S2/c1-4-15-29(16-5-2)37(32,33)23-12-9-20(10-13-23)26(31)30(19-22-8-7-17-35-22)27-28-24-14-11-21(34-6-3)18-25(24)36-27/h7-14,17-18H,4-6,15-16,19H2,1-3H3. The highest BCUT2D eigenvalue weighted by Gasteiger charge is 2.26. The maximum Gasteiger partial charge on any atom is 0.260 e. The molecule has 0 saturated heterocycles. The second-order valence-electron chi connectivity index (χ2n) is 8.46. The maximum atomic E-state index is 13.7. The van der Waals surface area contributed by atoms with Crippen molar-refractivity contribution in [1.29, 1.82) is 0 Å². The van der Waals surface area contributed by atoms with E-state index in [2.05, 4.69) is 4.98 Å². The van der Waals surface area contributed by atoms with Crippen LogP contribution < -0.4 is 9.64 Å². The van der Waals surface area contributed by atoms with Gasteiger partial charge in [0.1, 0.15) is 11.5 Å². The van der Waals surface area contributed by atoms with E-state index in [1.54, 1.807) is 35.4 Å². The van der Waals surface area contributed by atoms with Crippen molar-refractivity contribution < 1.29 is 22.4 Å². The summed E-state index contributed by atoms with van der Waals surface area (Å²) in [6.07, 6.45) is 3.01. The first-order valence-electron chi connectivity index (χ1n) is 12.3. The van der Waals surface area contributed by atoms with Gasteiger partial charge in [-0.1, -0.05) is 25.2 Å². The number of ether oxygens (including phenoxy) is 1. The van der Waals surface area contributed by atoms with Gasteiger partial charge in [-0.05, 0) is 74.4 Å². The Hall–Kier alpha value is -3.21. The zero-order valence-corrected chi connectivity index (χ0v) is 22.8. The number of rotatable bonds is 12. The average Bonchev–Trinajstić information content (AvgIpc) is 3.56. The first-order chi connectivity index (χ1) is 17.9. The Morgan fingerprint density at radius 3 is 2.38 bits per heavy atom.